The van der Waals surface area contributed by atoms with E-state index >= 15 is 0 Å². The molecule has 31 heavy (non-hydrogen) atoms. The summed E-state index contributed by atoms with van der Waals surface area (Å²) in [7, 11) is 0. The lowest BCUT2D eigenvalue weighted by Crippen LogP contribution is -2.47. The van der Waals surface area contributed by atoms with Crippen molar-refractivity contribution in [2.24, 2.45) is 10.9 Å². The van der Waals surface area contributed by atoms with Gasteiger partial charge < -0.3 is 19.7 Å². The van der Waals surface area contributed by atoms with Gasteiger partial charge in [0.25, 0.3) is 0 Å². The maximum atomic E-state index is 12.1. The normalized spacial score (nSPS) is 19.8. The van der Waals surface area contributed by atoms with Crippen molar-refractivity contribution < 1.29 is 14.3 Å². The fraction of sp³-hybridized carbons (Fsp3) is 0.667. The molecule has 7 heteroatoms. The molecule has 172 valence electrons. The molecule has 1 aromatic carbocycles. The SMILES string of the molecule is CCNC(=NCC(c1cccc(C)c1)N1CCOCC1)N1CCC(C(=O)OCC)CC1. The van der Waals surface area contributed by atoms with Gasteiger partial charge in [0, 0.05) is 32.7 Å². The van der Waals surface area contributed by atoms with E-state index in [4.69, 9.17) is 14.5 Å². The molecule has 1 N–H and O–H groups in total. The van der Waals surface area contributed by atoms with Crippen molar-refractivity contribution >= 4 is 11.9 Å². The summed E-state index contributed by atoms with van der Waals surface area (Å²) >= 11 is 0. The van der Waals surface area contributed by atoms with Gasteiger partial charge in [0.05, 0.1) is 38.3 Å². The van der Waals surface area contributed by atoms with Gasteiger partial charge in [-0.05, 0) is 39.2 Å². The van der Waals surface area contributed by atoms with Crippen molar-refractivity contribution in [3.63, 3.8) is 0 Å². The molecular formula is C24H38N4O3. The van der Waals surface area contributed by atoms with Crippen LogP contribution in [0.15, 0.2) is 29.3 Å². The summed E-state index contributed by atoms with van der Waals surface area (Å²) in [6, 6.07) is 8.98. The maximum Gasteiger partial charge on any atom is 0.309 e. The second kappa shape index (κ2) is 12.1. The first-order chi connectivity index (χ1) is 15.1. The van der Waals surface area contributed by atoms with Gasteiger partial charge in [-0.15, -0.1) is 0 Å². The second-order valence-electron chi connectivity index (χ2n) is 8.29. The number of hydrogen-bond acceptors (Lipinski definition) is 5. The molecule has 3 rings (SSSR count). The third kappa shape index (κ3) is 6.68. The van der Waals surface area contributed by atoms with E-state index in [-0.39, 0.29) is 17.9 Å². The molecular weight excluding hydrogens is 392 g/mol. The molecule has 2 heterocycles. The highest BCUT2D eigenvalue weighted by Crippen LogP contribution is 2.24. The average molecular weight is 431 g/mol. The number of morpholine rings is 1. The molecule has 2 fully saturated rings. The number of carbonyl (C=O) groups is 1. The van der Waals surface area contributed by atoms with E-state index in [1.54, 1.807) is 0 Å². The molecule has 0 amide bonds. The van der Waals surface area contributed by atoms with Crippen molar-refractivity contribution in [3.05, 3.63) is 35.4 Å². The Hall–Kier alpha value is -2.12. The Kier molecular flexibility index (Phi) is 9.15. The van der Waals surface area contributed by atoms with Crippen LogP contribution in [0, 0.1) is 12.8 Å². The lowest BCUT2D eigenvalue weighted by atomic mass is 9.97. The number of nitrogens with one attached hydrogen (secondary N) is 1. The lowest BCUT2D eigenvalue weighted by molar-refractivity contribution is -0.149. The summed E-state index contributed by atoms with van der Waals surface area (Å²) in [5.41, 5.74) is 2.58. The Morgan fingerprint density at radius 1 is 1.23 bits per heavy atom. The van der Waals surface area contributed by atoms with Crippen LogP contribution in [0.1, 0.15) is 43.9 Å². The highest BCUT2D eigenvalue weighted by molar-refractivity contribution is 5.80. The Bertz CT molecular complexity index is 725. The van der Waals surface area contributed by atoms with E-state index < -0.39 is 0 Å². The zero-order valence-corrected chi connectivity index (χ0v) is 19.3. The Labute approximate surface area is 186 Å². The highest BCUT2D eigenvalue weighted by Gasteiger charge is 2.28. The zero-order chi connectivity index (χ0) is 22.1. The quantitative estimate of drug-likeness (QED) is 0.408. The Morgan fingerprint density at radius 3 is 2.61 bits per heavy atom. The van der Waals surface area contributed by atoms with Gasteiger partial charge in [0.1, 0.15) is 0 Å². The number of aliphatic imine (C=N–C) groups is 1. The largest absolute Gasteiger partial charge is 0.466 e. The molecule has 0 radical (unpaired) electrons. The number of esters is 1. The first-order valence-corrected chi connectivity index (χ1v) is 11.7. The molecule has 1 atom stereocenters. The minimum Gasteiger partial charge on any atom is -0.466 e. The summed E-state index contributed by atoms with van der Waals surface area (Å²) in [6.07, 6.45) is 1.63. The first kappa shape index (κ1) is 23.5. The van der Waals surface area contributed by atoms with Gasteiger partial charge in [-0.2, -0.15) is 0 Å². The smallest absolute Gasteiger partial charge is 0.309 e. The number of ether oxygens (including phenoxy) is 2. The van der Waals surface area contributed by atoms with Crippen molar-refractivity contribution in [2.45, 2.75) is 39.7 Å². The van der Waals surface area contributed by atoms with Crippen LogP contribution in [-0.2, 0) is 14.3 Å². The first-order valence-electron chi connectivity index (χ1n) is 11.7. The summed E-state index contributed by atoms with van der Waals surface area (Å²) in [6.45, 7) is 13.1. The maximum absolute atomic E-state index is 12.1. The summed E-state index contributed by atoms with van der Waals surface area (Å²) < 4.78 is 10.8. The fourth-order valence-electron chi connectivity index (χ4n) is 4.38. The van der Waals surface area contributed by atoms with E-state index in [9.17, 15) is 4.79 Å². The van der Waals surface area contributed by atoms with Crippen LogP contribution in [0.5, 0.6) is 0 Å². The zero-order valence-electron chi connectivity index (χ0n) is 19.3. The number of likely N-dealkylation sites (tertiary alicyclic amines) is 1. The summed E-state index contributed by atoms with van der Waals surface area (Å²) in [5, 5.41) is 3.46. The number of hydrogen-bond donors (Lipinski definition) is 1. The average Bonchev–Trinajstić information content (AvgIpc) is 2.79. The van der Waals surface area contributed by atoms with Crippen molar-refractivity contribution in [1.29, 1.82) is 0 Å². The van der Waals surface area contributed by atoms with Gasteiger partial charge in [0.2, 0.25) is 0 Å². The monoisotopic (exact) mass is 430 g/mol. The fourth-order valence-corrected chi connectivity index (χ4v) is 4.38. The molecule has 1 aromatic rings. The van der Waals surface area contributed by atoms with Gasteiger partial charge in [-0.25, -0.2) is 0 Å². The minimum atomic E-state index is -0.0593. The predicted octanol–water partition coefficient (Wildman–Crippen LogP) is 2.61. The lowest BCUT2D eigenvalue weighted by Gasteiger charge is -2.36. The van der Waals surface area contributed by atoms with Crippen LogP contribution in [0.2, 0.25) is 0 Å². The molecule has 2 aliphatic heterocycles. The van der Waals surface area contributed by atoms with Crippen LogP contribution in [0.3, 0.4) is 0 Å². The van der Waals surface area contributed by atoms with Crippen LogP contribution >= 0.6 is 0 Å². The number of nitrogens with zero attached hydrogens (tertiary/aromatic N) is 3. The standard InChI is InChI=1S/C24H38N4O3/c1-4-25-24(28-11-9-20(10-12-28)23(29)31-5-2)26-18-22(27-13-15-30-16-14-27)21-8-6-7-19(3)17-21/h6-8,17,20,22H,4-5,9-16,18H2,1-3H3,(H,25,26). The van der Waals surface area contributed by atoms with Crippen LogP contribution in [-0.4, -0.2) is 80.8 Å². The molecule has 2 aliphatic rings. The number of piperidine rings is 1. The number of guanidine groups is 1. The predicted molar refractivity (Wildman–Crippen MR) is 123 cm³/mol. The van der Waals surface area contributed by atoms with Crippen molar-refractivity contribution in [1.82, 2.24) is 15.1 Å². The second-order valence-corrected chi connectivity index (χ2v) is 8.29. The van der Waals surface area contributed by atoms with Crippen molar-refractivity contribution in [2.75, 3.05) is 59.1 Å². The third-order valence-electron chi connectivity index (χ3n) is 6.08. The summed E-state index contributed by atoms with van der Waals surface area (Å²) in [4.78, 5) is 21.9. The highest BCUT2D eigenvalue weighted by atomic mass is 16.5. The van der Waals surface area contributed by atoms with E-state index in [1.807, 2.05) is 6.92 Å². The molecule has 0 bridgehead atoms. The Balaban J connectivity index is 1.71. The van der Waals surface area contributed by atoms with Crippen LogP contribution in [0.25, 0.3) is 0 Å². The van der Waals surface area contributed by atoms with Gasteiger partial charge in [-0.3, -0.25) is 14.7 Å². The molecule has 0 aromatic heterocycles. The van der Waals surface area contributed by atoms with Crippen LogP contribution < -0.4 is 5.32 Å². The van der Waals surface area contributed by atoms with Crippen LogP contribution in [0.4, 0.5) is 0 Å². The molecule has 2 saturated heterocycles. The number of carbonyl (C=O) groups excluding carboxylic acids is 1. The van der Waals surface area contributed by atoms with Crippen molar-refractivity contribution in [3.8, 4) is 0 Å². The summed E-state index contributed by atoms with van der Waals surface area (Å²) in [5.74, 6) is 0.888. The number of benzene rings is 1. The number of rotatable bonds is 7. The van der Waals surface area contributed by atoms with Gasteiger partial charge >= 0.3 is 5.97 Å². The van der Waals surface area contributed by atoms with E-state index in [1.165, 1.54) is 11.1 Å². The van der Waals surface area contributed by atoms with E-state index in [0.717, 1.165) is 64.7 Å². The number of aryl methyl sites for hydroxylation is 1. The minimum absolute atomic E-state index is 0.00692. The Morgan fingerprint density at radius 2 is 1.97 bits per heavy atom. The van der Waals surface area contributed by atoms with Gasteiger partial charge in [0.15, 0.2) is 5.96 Å². The molecule has 0 aliphatic carbocycles. The topological polar surface area (TPSA) is 66.4 Å². The molecule has 1 unspecified atom stereocenters. The molecule has 0 saturated carbocycles. The molecule has 7 nitrogen and oxygen atoms in total. The third-order valence-corrected chi connectivity index (χ3v) is 6.08. The van der Waals surface area contributed by atoms with Gasteiger partial charge in [-0.1, -0.05) is 29.8 Å². The molecule has 0 spiro atoms. The van der Waals surface area contributed by atoms with E-state index in [0.29, 0.717) is 13.2 Å². The van der Waals surface area contributed by atoms with E-state index in [2.05, 4.69) is 53.2 Å².